The van der Waals surface area contributed by atoms with Gasteiger partial charge in [-0.3, -0.25) is 0 Å². The molecule has 0 heterocycles. The summed E-state index contributed by atoms with van der Waals surface area (Å²) in [4.78, 5) is 0. The molecule has 1 N–H and O–H groups in total. The van der Waals surface area contributed by atoms with Crippen LogP contribution in [0.5, 0.6) is 5.75 Å². The molecule has 1 aliphatic carbocycles. The highest BCUT2D eigenvalue weighted by molar-refractivity contribution is 5.39. The van der Waals surface area contributed by atoms with Gasteiger partial charge in [0.25, 0.3) is 0 Å². The van der Waals surface area contributed by atoms with Gasteiger partial charge in [0.1, 0.15) is 5.75 Å². The van der Waals surface area contributed by atoms with E-state index in [2.05, 4.69) is 51.2 Å². The minimum atomic E-state index is 0.330. The first-order valence-electron chi connectivity index (χ1n) is 7.84. The van der Waals surface area contributed by atoms with Gasteiger partial charge in [0, 0.05) is 12.6 Å². The number of methoxy groups -OCH3 is 1. The molecule has 0 aliphatic heterocycles. The van der Waals surface area contributed by atoms with Crippen molar-refractivity contribution in [2.75, 3.05) is 13.7 Å². The molecular formula is C18H29NO. The predicted molar refractivity (Wildman–Crippen MR) is 85.3 cm³/mol. The summed E-state index contributed by atoms with van der Waals surface area (Å²) in [7, 11) is 1.74. The van der Waals surface area contributed by atoms with Crippen molar-refractivity contribution in [3.63, 3.8) is 0 Å². The topological polar surface area (TPSA) is 21.3 Å². The summed E-state index contributed by atoms with van der Waals surface area (Å²) in [5, 5.41) is 3.80. The number of hydrogen-bond donors (Lipinski definition) is 1. The Hall–Kier alpha value is -1.02. The number of fused-ring (bicyclic) bond motifs is 1. The average Bonchev–Trinajstić information content (AvgIpc) is 2.44. The second kappa shape index (κ2) is 6.17. The van der Waals surface area contributed by atoms with E-state index in [4.69, 9.17) is 4.74 Å². The molecule has 1 aromatic rings. The number of nitrogens with one attached hydrogen (secondary N) is 1. The SMILES string of the molecule is COc1ccc2c(c1)C(NCC(C)(C)C(C)C)CCC2. The number of rotatable bonds is 5. The Morgan fingerprint density at radius 3 is 2.75 bits per heavy atom. The summed E-state index contributed by atoms with van der Waals surface area (Å²) in [6.45, 7) is 10.4. The largest absolute Gasteiger partial charge is 0.497 e. The lowest BCUT2D eigenvalue weighted by Gasteiger charge is -2.34. The van der Waals surface area contributed by atoms with Gasteiger partial charge in [0.2, 0.25) is 0 Å². The molecule has 20 heavy (non-hydrogen) atoms. The zero-order chi connectivity index (χ0) is 14.8. The molecule has 2 heteroatoms. The summed E-state index contributed by atoms with van der Waals surface area (Å²) in [6.07, 6.45) is 3.71. The van der Waals surface area contributed by atoms with Gasteiger partial charge in [0.15, 0.2) is 0 Å². The third kappa shape index (κ3) is 3.35. The molecule has 0 bridgehead atoms. The Kier molecular flexibility index (Phi) is 4.74. The van der Waals surface area contributed by atoms with E-state index in [0.717, 1.165) is 12.3 Å². The Bertz CT molecular complexity index is 451. The first kappa shape index (κ1) is 15.4. The molecule has 0 amide bonds. The first-order chi connectivity index (χ1) is 9.44. The van der Waals surface area contributed by atoms with E-state index in [1.54, 1.807) is 7.11 Å². The molecule has 0 spiro atoms. The van der Waals surface area contributed by atoms with E-state index < -0.39 is 0 Å². The Morgan fingerprint density at radius 2 is 2.10 bits per heavy atom. The van der Waals surface area contributed by atoms with Crippen LogP contribution in [-0.4, -0.2) is 13.7 Å². The second-order valence-corrected chi connectivity index (χ2v) is 7.03. The average molecular weight is 275 g/mol. The van der Waals surface area contributed by atoms with E-state index in [0.29, 0.717) is 17.4 Å². The van der Waals surface area contributed by atoms with Crippen LogP contribution in [0.4, 0.5) is 0 Å². The predicted octanol–water partition coefficient (Wildman–Crippen LogP) is 4.34. The minimum Gasteiger partial charge on any atom is -0.497 e. The third-order valence-corrected chi connectivity index (χ3v) is 5.03. The van der Waals surface area contributed by atoms with Gasteiger partial charge in [-0.15, -0.1) is 0 Å². The van der Waals surface area contributed by atoms with Crippen molar-refractivity contribution in [2.45, 2.75) is 53.0 Å². The zero-order valence-corrected chi connectivity index (χ0v) is 13.6. The summed E-state index contributed by atoms with van der Waals surface area (Å²) in [5.74, 6) is 1.66. The highest BCUT2D eigenvalue weighted by Gasteiger charge is 2.26. The van der Waals surface area contributed by atoms with Gasteiger partial charge in [-0.1, -0.05) is 33.8 Å². The van der Waals surface area contributed by atoms with Crippen molar-refractivity contribution in [3.05, 3.63) is 29.3 Å². The van der Waals surface area contributed by atoms with Crippen LogP contribution in [0.1, 0.15) is 57.7 Å². The molecule has 0 radical (unpaired) electrons. The highest BCUT2D eigenvalue weighted by Crippen LogP contribution is 2.34. The summed E-state index contributed by atoms with van der Waals surface area (Å²) < 4.78 is 5.38. The van der Waals surface area contributed by atoms with Crippen LogP contribution < -0.4 is 10.1 Å². The van der Waals surface area contributed by atoms with Crippen molar-refractivity contribution >= 4 is 0 Å². The standard InChI is InChI=1S/C18H29NO/c1-13(2)18(3,4)12-19-17-8-6-7-14-9-10-15(20-5)11-16(14)17/h9-11,13,17,19H,6-8,12H2,1-5H3. The number of benzene rings is 1. The lowest BCUT2D eigenvalue weighted by molar-refractivity contribution is 0.224. The minimum absolute atomic E-state index is 0.330. The molecule has 112 valence electrons. The van der Waals surface area contributed by atoms with Gasteiger partial charge >= 0.3 is 0 Å². The van der Waals surface area contributed by atoms with Crippen LogP contribution in [0.2, 0.25) is 0 Å². The highest BCUT2D eigenvalue weighted by atomic mass is 16.5. The Labute approximate surface area is 123 Å². The zero-order valence-electron chi connectivity index (χ0n) is 13.6. The monoisotopic (exact) mass is 275 g/mol. The lowest BCUT2D eigenvalue weighted by Crippen LogP contribution is -2.36. The normalized spacial score (nSPS) is 19.0. The van der Waals surface area contributed by atoms with Crippen molar-refractivity contribution in [1.82, 2.24) is 5.32 Å². The molecule has 0 saturated heterocycles. The lowest BCUT2D eigenvalue weighted by atomic mass is 9.80. The maximum Gasteiger partial charge on any atom is 0.119 e. The molecular weight excluding hydrogens is 246 g/mol. The summed E-state index contributed by atoms with van der Waals surface area (Å²) >= 11 is 0. The second-order valence-electron chi connectivity index (χ2n) is 7.03. The van der Waals surface area contributed by atoms with E-state index in [-0.39, 0.29) is 0 Å². The van der Waals surface area contributed by atoms with Gasteiger partial charge in [-0.05, 0) is 53.9 Å². The van der Waals surface area contributed by atoms with Gasteiger partial charge in [0.05, 0.1) is 7.11 Å². The number of aryl methyl sites for hydroxylation is 1. The van der Waals surface area contributed by atoms with E-state index in [1.165, 1.54) is 30.4 Å². The molecule has 2 rings (SSSR count). The van der Waals surface area contributed by atoms with Crippen LogP contribution in [-0.2, 0) is 6.42 Å². The fourth-order valence-electron chi connectivity index (χ4n) is 2.71. The maximum absolute atomic E-state index is 5.38. The maximum atomic E-state index is 5.38. The van der Waals surface area contributed by atoms with Crippen molar-refractivity contribution in [3.8, 4) is 5.75 Å². The van der Waals surface area contributed by atoms with Crippen molar-refractivity contribution in [1.29, 1.82) is 0 Å². The first-order valence-corrected chi connectivity index (χ1v) is 7.84. The van der Waals surface area contributed by atoms with Crippen LogP contribution >= 0.6 is 0 Å². The number of ether oxygens (including phenoxy) is 1. The van der Waals surface area contributed by atoms with Crippen molar-refractivity contribution < 1.29 is 4.74 Å². The molecule has 1 atom stereocenters. The summed E-state index contributed by atoms with van der Waals surface area (Å²) in [5.41, 5.74) is 3.25. The fourth-order valence-corrected chi connectivity index (χ4v) is 2.71. The van der Waals surface area contributed by atoms with Crippen LogP contribution in [0.15, 0.2) is 18.2 Å². The molecule has 1 unspecified atom stereocenters. The molecule has 0 fully saturated rings. The van der Waals surface area contributed by atoms with Gasteiger partial charge in [-0.25, -0.2) is 0 Å². The van der Waals surface area contributed by atoms with Crippen LogP contribution in [0, 0.1) is 11.3 Å². The quantitative estimate of drug-likeness (QED) is 0.863. The third-order valence-electron chi connectivity index (χ3n) is 5.03. The molecule has 2 nitrogen and oxygen atoms in total. The fraction of sp³-hybridized carbons (Fsp3) is 0.667. The Balaban J connectivity index is 2.12. The van der Waals surface area contributed by atoms with E-state index >= 15 is 0 Å². The summed E-state index contributed by atoms with van der Waals surface area (Å²) in [6, 6.07) is 7.01. The smallest absolute Gasteiger partial charge is 0.119 e. The van der Waals surface area contributed by atoms with E-state index in [9.17, 15) is 0 Å². The van der Waals surface area contributed by atoms with Crippen molar-refractivity contribution in [2.24, 2.45) is 11.3 Å². The van der Waals surface area contributed by atoms with Gasteiger partial charge in [-0.2, -0.15) is 0 Å². The number of hydrogen-bond acceptors (Lipinski definition) is 2. The molecule has 0 saturated carbocycles. The van der Waals surface area contributed by atoms with Crippen LogP contribution in [0.3, 0.4) is 0 Å². The Morgan fingerprint density at radius 1 is 1.35 bits per heavy atom. The molecule has 1 aromatic carbocycles. The van der Waals surface area contributed by atoms with Crippen LogP contribution in [0.25, 0.3) is 0 Å². The van der Waals surface area contributed by atoms with Gasteiger partial charge < -0.3 is 10.1 Å². The molecule has 1 aliphatic rings. The molecule has 0 aromatic heterocycles. The van der Waals surface area contributed by atoms with E-state index in [1.807, 2.05) is 0 Å².